The monoisotopic (exact) mass is 267 g/mol. The number of aromatic nitrogens is 2. The molecule has 1 aromatic heterocycles. The lowest BCUT2D eigenvalue weighted by Crippen LogP contribution is -2.35. The number of hydrogen-bond donors (Lipinski definition) is 1. The number of rotatable bonds is 1. The lowest BCUT2D eigenvalue weighted by Gasteiger charge is -2.24. The van der Waals surface area contributed by atoms with Crippen LogP contribution in [-0.2, 0) is 11.8 Å². The van der Waals surface area contributed by atoms with Crippen LogP contribution in [0.15, 0.2) is 12.3 Å². The van der Waals surface area contributed by atoms with Gasteiger partial charge in [-0.15, -0.1) is 0 Å². The number of β-amino-alcohol motifs (C(OH)–C–C–N with tert-alkyl or cyclic N) is 1. The molecule has 1 aliphatic heterocycles. The van der Waals surface area contributed by atoms with Gasteiger partial charge in [0.25, 0.3) is 0 Å². The molecule has 2 heterocycles. The zero-order valence-electron chi connectivity index (χ0n) is 11.8. The number of carbonyl (C=O) groups excluding carboxylic acids is 1. The van der Waals surface area contributed by atoms with Gasteiger partial charge in [0.05, 0.1) is 18.3 Å². The summed E-state index contributed by atoms with van der Waals surface area (Å²) >= 11 is 0. The summed E-state index contributed by atoms with van der Waals surface area (Å²) in [5.74, 6) is -0.145. The maximum absolute atomic E-state index is 12.0. The fraction of sp³-hybridized carbons (Fsp3) is 0.692. The van der Waals surface area contributed by atoms with E-state index in [2.05, 4.69) is 5.10 Å². The molecule has 0 spiro atoms. The van der Waals surface area contributed by atoms with Gasteiger partial charge in [0.1, 0.15) is 5.60 Å². The Morgan fingerprint density at radius 3 is 2.68 bits per heavy atom. The average molecular weight is 267 g/mol. The van der Waals surface area contributed by atoms with Gasteiger partial charge in [0.15, 0.2) is 0 Å². The molecule has 1 fully saturated rings. The maximum Gasteiger partial charge on any atom is 0.410 e. The van der Waals surface area contributed by atoms with Gasteiger partial charge in [-0.25, -0.2) is 4.79 Å². The Morgan fingerprint density at radius 1 is 1.47 bits per heavy atom. The number of nitrogens with zero attached hydrogens (tertiary/aromatic N) is 3. The summed E-state index contributed by atoms with van der Waals surface area (Å²) in [4.78, 5) is 13.5. The summed E-state index contributed by atoms with van der Waals surface area (Å²) in [5.41, 5.74) is 0.284. The topological polar surface area (TPSA) is 67.6 Å². The first-order chi connectivity index (χ1) is 8.76. The highest BCUT2D eigenvalue weighted by Crippen LogP contribution is 2.27. The minimum absolute atomic E-state index is 0.145. The van der Waals surface area contributed by atoms with E-state index in [1.165, 1.54) is 4.90 Å². The van der Waals surface area contributed by atoms with Crippen LogP contribution >= 0.6 is 0 Å². The van der Waals surface area contributed by atoms with E-state index in [9.17, 15) is 9.90 Å². The molecule has 106 valence electrons. The van der Waals surface area contributed by atoms with Gasteiger partial charge in [0.2, 0.25) is 0 Å². The van der Waals surface area contributed by atoms with Gasteiger partial charge < -0.3 is 14.7 Å². The standard InChI is InChI=1S/C13H21N3O3/c1-13(2,3)19-12(18)16-7-9(11(17)8-16)10-5-6-15(4)14-10/h5-6,9,11,17H,7-8H2,1-4H3. The third kappa shape index (κ3) is 3.26. The van der Waals surface area contributed by atoms with E-state index in [-0.39, 0.29) is 18.6 Å². The molecule has 0 radical (unpaired) electrons. The minimum Gasteiger partial charge on any atom is -0.444 e. The van der Waals surface area contributed by atoms with Crippen molar-refractivity contribution in [1.82, 2.24) is 14.7 Å². The normalized spacial score (nSPS) is 23.7. The molecule has 19 heavy (non-hydrogen) atoms. The van der Waals surface area contributed by atoms with E-state index < -0.39 is 11.7 Å². The average Bonchev–Trinajstić information content (AvgIpc) is 2.82. The van der Waals surface area contributed by atoms with Crippen LogP contribution in [0.1, 0.15) is 32.4 Å². The van der Waals surface area contributed by atoms with Crippen LogP contribution in [0, 0.1) is 0 Å². The summed E-state index contributed by atoms with van der Waals surface area (Å²) in [7, 11) is 1.83. The minimum atomic E-state index is -0.595. The highest BCUT2D eigenvalue weighted by atomic mass is 16.6. The van der Waals surface area contributed by atoms with Crippen molar-refractivity contribution in [3.05, 3.63) is 18.0 Å². The first-order valence-corrected chi connectivity index (χ1v) is 6.42. The predicted octanol–water partition coefficient (Wildman–Crippen LogP) is 1.12. The van der Waals surface area contributed by atoms with Crippen LogP contribution in [0.2, 0.25) is 0 Å². The molecule has 6 heteroatoms. The second-order valence-electron chi connectivity index (χ2n) is 5.97. The lowest BCUT2D eigenvalue weighted by molar-refractivity contribution is 0.0270. The molecule has 1 aromatic rings. The van der Waals surface area contributed by atoms with E-state index in [1.807, 2.05) is 40.1 Å². The number of aliphatic hydroxyl groups excluding tert-OH is 1. The number of likely N-dealkylation sites (tertiary alicyclic amines) is 1. The Kier molecular flexibility index (Phi) is 3.54. The van der Waals surface area contributed by atoms with Gasteiger partial charge in [-0.05, 0) is 26.8 Å². The quantitative estimate of drug-likeness (QED) is 0.828. The summed E-state index contributed by atoms with van der Waals surface area (Å²) < 4.78 is 7.00. The van der Waals surface area contributed by atoms with E-state index in [1.54, 1.807) is 4.68 Å². The van der Waals surface area contributed by atoms with Crippen molar-refractivity contribution in [3.63, 3.8) is 0 Å². The summed E-state index contributed by atoms with van der Waals surface area (Å²) in [6.45, 7) is 6.21. The van der Waals surface area contributed by atoms with Crippen molar-refractivity contribution >= 4 is 6.09 Å². The highest BCUT2D eigenvalue weighted by molar-refractivity contribution is 5.68. The van der Waals surface area contributed by atoms with Crippen LogP contribution in [0.5, 0.6) is 0 Å². The molecule has 0 saturated carbocycles. The molecular weight excluding hydrogens is 246 g/mol. The molecule has 1 amide bonds. The maximum atomic E-state index is 12.0. The molecule has 6 nitrogen and oxygen atoms in total. The summed E-state index contributed by atoms with van der Waals surface area (Å²) in [5, 5.41) is 14.4. The SMILES string of the molecule is Cn1ccc(C2CN(C(=O)OC(C)(C)C)CC2O)n1. The van der Waals surface area contributed by atoms with Crippen molar-refractivity contribution < 1.29 is 14.6 Å². The van der Waals surface area contributed by atoms with E-state index in [0.717, 1.165) is 5.69 Å². The van der Waals surface area contributed by atoms with Gasteiger partial charge in [-0.2, -0.15) is 5.10 Å². The summed E-state index contributed by atoms with van der Waals surface area (Å²) in [6, 6.07) is 1.87. The molecule has 2 rings (SSSR count). The number of hydrogen-bond acceptors (Lipinski definition) is 4. The number of ether oxygens (including phenoxy) is 1. The second kappa shape index (κ2) is 4.85. The van der Waals surface area contributed by atoms with E-state index in [4.69, 9.17) is 4.74 Å². The van der Waals surface area contributed by atoms with Crippen LogP contribution in [0.3, 0.4) is 0 Å². The van der Waals surface area contributed by atoms with Gasteiger partial charge >= 0.3 is 6.09 Å². The van der Waals surface area contributed by atoms with Crippen molar-refractivity contribution in [1.29, 1.82) is 0 Å². The molecule has 0 bridgehead atoms. The Balaban J connectivity index is 2.03. The fourth-order valence-corrected chi connectivity index (χ4v) is 2.18. The second-order valence-corrected chi connectivity index (χ2v) is 5.97. The molecule has 1 N–H and O–H groups in total. The van der Waals surface area contributed by atoms with Crippen LogP contribution in [-0.4, -0.2) is 50.7 Å². The van der Waals surface area contributed by atoms with Crippen LogP contribution in [0.4, 0.5) is 4.79 Å². The van der Waals surface area contributed by atoms with Crippen molar-refractivity contribution in [2.75, 3.05) is 13.1 Å². The Morgan fingerprint density at radius 2 is 2.16 bits per heavy atom. The molecule has 2 atom stereocenters. The zero-order chi connectivity index (χ0) is 14.2. The number of carbonyl (C=O) groups is 1. The van der Waals surface area contributed by atoms with Crippen molar-refractivity contribution in [2.24, 2.45) is 7.05 Å². The molecule has 1 aliphatic rings. The molecule has 0 aromatic carbocycles. The summed E-state index contributed by atoms with van der Waals surface area (Å²) in [6.07, 6.45) is 0.852. The predicted molar refractivity (Wildman–Crippen MR) is 69.8 cm³/mol. The van der Waals surface area contributed by atoms with Gasteiger partial charge in [-0.3, -0.25) is 4.68 Å². The van der Waals surface area contributed by atoms with E-state index >= 15 is 0 Å². The van der Waals surface area contributed by atoms with E-state index in [0.29, 0.717) is 6.54 Å². The Bertz CT molecular complexity index is 464. The van der Waals surface area contributed by atoms with Crippen molar-refractivity contribution in [2.45, 2.75) is 38.4 Å². The Hall–Kier alpha value is -1.56. The first kappa shape index (κ1) is 13.9. The third-order valence-corrected chi connectivity index (χ3v) is 3.05. The smallest absolute Gasteiger partial charge is 0.410 e. The van der Waals surface area contributed by atoms with Gasteiger partial charge in [-0.1, -0.05) is 0 Å². The largest absolute Gasteiger partial charge is 0.444 e. The fourth-order valence-electron chi connectivity index (χ4n) is 2.18. The first-order valence-electron chi connectivity index (χ1n) is 6.42. The van der Waals surface area contributed by atoms with Crippen LogP contribution in [0.25, 0.3) is 0 Å². The number of aliphatic hydroxyl groups is 1. The van der Waals surface area contributed by atoms with Crippen molar-refractivity contribution in [3.8, 4) is 0 Å². The lowest BCUT2D eigenvalue weighted by atomic mass is 10.0. The van der Waals surface area contributed by atoms with Crippen LogP contribution < -0.4 is 0 Å². The molecule has 0 aliphatic carbocycles. The number of amides is 1. The third-order valence-electron chi connectivity index (χ3n) is 3.05. The van der Waals surface area contributed by atoms with Gasteiger partial charge in [0, 0.05) is 25.7 Å². The number of aryl methyl sites for hydroxylation is 1. The zero-order valence-corrected chi connectivity index (χ0v) is 11.8. The molecular formula is C13H21N3O3. The Labute approximate surface area is 113 Å². The molecule has 1 saturated heterocycles. The molecule has 2 unspecified atom stereocenters. The highest BCUT2D eigenvalue weighted by Gasteiger charge is 2.37.